The van der Waals surface area contributed by atoms with Crippen molar-refractivity contribution in [1.82, 2.24) is 9.80 Å². The molecule has 1 heterocycles. The Kier molecular flexibility index (Phi) is 5.36. The van der Waals surface area contributed by atoms with E-state index in [4.69, 9.17) is 11.6 Å². The SMILES string of the molecule is CN1CCN(C(=O)c2ccccc2NC(=O)c2ccccc2Cl)CC1. The second kappa shape index (κ2) is 7.68. The molecule has 2 aromatic rings. The number of halogens is 1. The first-order valence-electron chi connectivity index (χ1n) is 8.19. The summed E-state index contributed by atoms with van der Waals surface area (Å²) >= 11 is 6.08. The third kappa shape index (κ3) is 4.00. The first-order valence-corrected chi connectivity index (χ1v) is 8.57. The number of benzene rings is 2. The molecule has 0 saturated carbocycles. The van der Waals surface area contributed by atoms with Crippen molar-refractivity contribution in [2.45, 2.75) is 0 Å². The van der Waals surface area contributed by atoms with E-state index in [0.717, 1.165) is 13.1 Å². The summed E-state index contributed by atoms with van der Waals surface area (Å²) < 4.78 is 0. The van der Waals surface area contributed by atoms with Gasteiger partial charge in [0.05, 0.1) is 21.8 Å². The fourth-order valence-corrected chi connectivity index (χ4v) is 3.02. The summed E-state index contributed by atoms with van der Waals surface area (Å²) in [5.41, 5.74) is 1.37. The molecule has 0 atom stereocenters. The molecule has 0 aliphatic carbocycles. The molecular weight excluding hydrogens is 338 g/mol. The molecule has 1 N–H and O–H groups in total. The number of nitrogens with zero attached hydrogens (tertiary/aromatic N) is 2. The zero-order valence-corrected chi connectivity index (χ0v) is 14.8. The van der Waals surface area contributed by atoms with Crippen LogP contribution in [-0.2, 0) is 0 Å². The van der Waals surface area contributed by atoms with Gasteiger partial charge in [0.25, 0.3) is 11.8 Å². The van der Waals surface area contributed by atoms with E-state index in [2.05, 4.69) is 10.2 Å². The van der Waals surface area contributed by atoms with Gasteiger partial charge in [-0.15, -0.1) is 0 Å². The van der Waals surface area contributed by atoms with Crippen LogP contribution < -0.4 is 5.32 Å². The molecule has 2 aromatic carbocycles. The Morgan fingerprint density at radius 1 is 0.920 bits per heavy atom. The number of hydrogen-bond donors (Lipinski definition) is 1. The Balaban J connectivity index is 1.80. The summed E-state index contributed by atoms with van der Waals surface area (Å²) in [6.07, 6.45) is 0. The standard InChI is InChI=1S/C19H20ClN3O2/c1-22-10-12-23(13-11-22)19(25)15-7-3-5-9-17(15)21-18(24)14-6-2-4-8-16(14)20/h2-9H,10-13H2,1H3,(H,21,24). The normalized spacial score (nSPS) is 15.0. The number of piperazine rings is 1. The Morgan fingerprint density at radius 3 is 2.20 bits per heavy atom. The highest BCUT2D eigenvalue weighted by Crippen LogP contribution is 2.21. The van der Waals surface area contributed by atoms with Crippen LogP contribution in [0.15, 0.2) is 48.5 Å². The minimum absolute atomic E-state index is 0.0665. The minimum Gasteiger partial charge on any atom is -0.336 e. The molecular formula is C19H20ClN3O2. The number of carbonyl (C=O) groups excluding carboxylic acids is 2. The van der Waals surface area contributed by atoms with Crippen molar-refractivity contribution in [2.75, 3.05) is 38.5 Å². The quantitative estimate of drug-likeness (QED) is 0.918. The maximum absolute atomic E-state index is 12.8. The molecule has 0 radical (unpaired) electrons. The highest BCUT2D eigenvalue weighted by molar-refractivity contribution is 6.34. The van der Waals surface area contributed by atoms with Gasteiger partial charge in [-0.1, -0.05) is 35.9 Å². The van der Waals surface area contributed by atoms with Gasteiger partial charge in [0.1, 0.15) is 0 Å². The molecule has 0 spiro atoms. The highest BCUT2D eigenvalue weighted by Gasteiger charge is 2.23. The van der Waals surface area contributed by atoms with E-state index in [-0.39, 0.29) is 11.8 Å². The van der Waals surface area contributed by atoms with E-state index in [1.54, 1.807) is 48.5 Å². The summed E-state index contributed by atoms with van der Waals surface area (Å²) in [5.74, 6) is -0.396. The number of para-hydroxylation sites is 1. The van der Waals surface area contributed by atoms with Crippen LogP contribution in [0.4, 0.5) is 5.69 Å². The van der Waals surface area contributed by atoms with Crippen LogP contribution >= 0.6 is 11.6 Å². The maximum atomic E-state index is 12.8. The predicted octanol–water partition coefficient (Wildman–Crippen LogP) is 2.98. The van der Waals surface area contributed by atoms with E-state index < -0.39 is 0 Å². The van der Waals surface area contributed by atoms with Crippen molar-refractivity contribution in [3.05, 3.63) is 64.7 Å². The van der Waals surface area contributed by atoms with Gasteiger partial charge in [-0.05, 0) is 31.3 Å². The van der Waals surface area contributed by atoms with Gasteiger partial charge >= 0.3 is 0 Å². The summed E-state index contributed by atoms with van der Waals surface area (Å²) in [4.78, 5) is 29.4. The predicted molar refractivity (Wildman–Crippen MR) is 99.2 cm³/mol. The van der Waals surface area contributed by atoms with E-state index in [0.29, 0.717) is 34.9 Å². The van der Waals surface area contributed by atoms with Crippen LogP contribution in [0.25, 0.3) is 0 Å². The van der Waals surface area contributed by atoms with Gasteiger partial charge < -0.3 is 15.1 Å². The average Bonchev–Trinajstić information content (AvgIpc) is 2.62. The van der Waals surface area contributed by atoms with Crippen LogP contribution in [0, 0.1) is 0 Å². The van der Waals surface area contributed by atoms with Crippen molar-refractivity contribution >= 4 is 29.1 Å². The summed E-state index contributed by atoms with van der Waals surface area (Å²) in [7, 11) is 2.04. The number of anilines is 1. The average molecular weight is 358 g/mol. The molecule has 130 valence electrons. The molecule has 6 heteroatoms. The van der Waals surface area contributed by atoms with Crippen LogP contribution in [0.1, 0.15) is 20.7 Å². The third-order valence-electron chi connectivity index (χ3n) is 4.31. The van der Waals surface area contributed by atoms with Crippen LogP contribution in [-0.4, -0.2) is 54.8 Å². The van der Waals surface area contributed by atoms with Gasteiger partial charge in [-0.2, -0.15) is 0 Å². The molecule has 2 amide bonds. The Morgan fingerprint density at radius 2 is 1.52 bits per heavy atom. The first-order chi connectivity index (χ1) is 12.1. The first kappa shape index (κ1) is 17.5. The van der Waals surface area contributed by atoms with Crippen molar-refractivity contribution in [3.8, 4) is 0 Å². The molecule has 0 aromatic heterocycles. The molecule has 1 aliphatic heterocycles. The van der Waals surface area contributed by atoms with Crippen molar-refractivity contribution < 1.29 is 9.59 Å². The number of rotatable bonds is 3. The van der Waals surface area contributed by atoms with Gasteiger partial charge in [0, 0.05) is 26.2 Å². The van der Waals surface area contributed by atoms with Crippen molar-refractivity contribution in [2.24, 2.45) is 0 Å². The summed E-state index contributed by atoms with van der Waals surface area (Å²) in [6.45, 7) is 3.06. The lowest BCUT2D eigenvalue weighted by atomic mass is 10.1. The van der Waals surface area contributed by atoms with Gasteiger partial charge in [-0.3, -0.25) is 9.59 Å². The number of carbonyl (C=O) groups is 2. The van der Waals surface area contributed by atoms with Crippen LogP contribution in [0.2, 0.25) is 5.02 Å². The lowest BCUT2D eigenvalue weighted by Gasteiger charge is -2.32. The largest absolute Gasteiger partial charge is 0.336 e. The van der Waals surface area contributed by atoms with Crippen molar-refractivity contribution in [1.29, 1.82) is 0 Å². The van der Waals surface area contributed by atoms with Crippen LogP contribution in [0.5, 0.6) is 0 Å². The fourth-order valence-electron chi connectivity index (χ4n) is 2.79. The Bertz CT molecular complexity index is 786. The fraction of sp³-hybridized carbons (Fsp3) is 0.263. The van der Waals surface area contributed by atoms with Gasteiger partial charge in [0.2, 0.25) is 0 Å². The minimum atomic E-state index is -0.329. The molecule has 25 heavy (non-hydrogen) atoms. The molecule has 5 nitrogen and oxygen atoms in total. The molecule has 0 unspecified atom stereocenters. The Labute approximate surface area is 152 Å². The summed E-state index contributed by atoms with van der Waals surface area (Å²) in [5, 5.41) is 3.19. The Hall–Kier alpha value is -2.37. The third-order valence-corrected chi connectivity index (χ3v) is 4.64. The van der Waals surface area contributed by atoms with E-state index in [9.17, 15) is 9.59 Å². The monoisotopic (exact) mass is 357 g/mol. The van der Waals surface area contributed by atoms with E-state index in [1.807, 2.05) is 11.9 Å². The molecule has 1 saturated heterocycles. The van der Waals surface area contributed by atoms with E-state index >= 15 is 0 Å². The smallest absolute Gasteiger partial charge is 0.257 e. The maximum Gasteiger partial charge on any atom is 0.257 e. The number of hydrogen-bond acceptors (Lipinski definition) is 3. The summed E-state index contributed by atoms with van der Waals surface area (Å²) in [6, 6.07) is 13.9. The molecule has 3 rings (SSSR count). The highest BCUT2D eigenvalue weighted by atomic mass is 35.5. The lowest BCUT2D eigenvalue weighted by molar-refractivity contribution is 0.0665. The number of amides is 2. The second-order valence-corrected chi connectivity index (χ2v) is 6.48. The van der Waals surface area contributed by atoms with Gasteiger partial charge in [-0.25, -0.2) is 0 Å². The number of nitrogens with one attached hydrogen (secondary N) is 1. The molecule has 1 fully saturated rings. The van der Waals surface area contributed by atoms with E-state index in [1.165, 1.54) is 0 Å². The van der Waals surface area contributed by atoms with Gasteiger partial charge in [0.15, 0.2) is 0 Å². The molecule has 0 bridgehead atoms. The topological polar surface area (TPSA) is 52.6 Å². The van der Waals surface area contributed by atoms with Crippen LogP contribution in [0.3, 0.4) is 0 Å². The lowest BCUT2D eigenvalue weighted by Crippen LogP contribution is -2.47. The van der Waals surface area contributed by atoms with Crippen molar-refractivity contribution in [3.63, 3.8) is 0 Å². The zero-order chi connectivity index (χ0) is 17.8. The second-order valence-electron chi connectivity index (χ2n) is 6.08. The zero-order valence-electron chi connectivity index (χ0n) is 14.0. The molecule has 1 aliphatic rings. The number of likely N-dealkylation sites (N-methyl/N-ethyl adjacent to an activating group) is 1.